The van der Waals surface area contributed by atoms with E-state index in [1.807, 2.05) is 84.0 Å². The summed E-state index contributed by atoms with van der Waals surface area (Å²) in [6.07, 6.45) is 2.44. The lowest BCUT2D eigenvalue weighted by Crippen LogP contribution is -2.45. The van der Waals surface area contributed by atoms with Crippen LogP contribution in [0.4, 0.5) is 4.79 Å². The van der Waals surface area contributed by atoms with E-state index < -0.39 is 29.1 Å². The molecule has 0 aliphatic heterocycles. The van der Waals surface area contributed by atoms with Gasteiger partial charge in [-0.2, -0.15) is 0 Å². The number of Topliss-reactive ketones (excluding diaryl/α,β-unsaturated/α-hetero) is 1. The summed E-state index contributed by atoms with van der Waals surface area (Å²) in [4.78, 5) is 26.9. The van der Waals surface area contributed by atoms with Crippen molar-refractivity contribution in [2.45, 2.75) is 59.8 Å². The van der Waals surface area contributed by atoms with Crippen molar-refractivity contribution in [3.63, 3.8) is 0 Å². The van der Waals surface area contributed by atoms with Gasteiger partial charge in [0.05, 0.1) is 17.1 Å². The summed E-state index contributed by atoms with van der Waals surface area (Å²) in [5.41, 5.74) is 4.19. The maximum Gasteiger partial charge on any atom is 0.407 e. The Labute approximate surface area is 224 Å². The minimum atomic E-state index is -1.00. The smallest absolute Gasteiger partial charge is 0.407 e. The van der Waals surface area contributed by atoms with E-state index in [2.05, 4.69) is 17.4 Å². The first-order valence-electron chi connectivity index (χ1n) is 13.3. The zero-order chi connectivity index (χ0) is 27.4. The molecular formula is C32H37NO5. The Morgan fingerprint density at radius 1 is 1.08 bits per heavy atom. The van der Waals surface area contributed by atoms with E-state index in [1.165, 1.54) is 0 Å². The number of nitrogens with one attached hydrogen (secondary N) is 1. The average Bonchev–Trinajstić information content (AvgIpc) is 3.39. The highest BCUT2D eigenvalue weighted by molar-refractivity contribution is 6.26. The standard InChI is InChI=1S/C32H37NO5/c1-18-14-19(2)23(20(3)15-18)25-27(34)26-24(28(25)37-16-21-10-8-7-9-11-21)22-12-13-32(26,29(22)35)17-38-30(36)33-31(4,5)6/h7-15,22,24,26,29,35H,16-17H2,1-6H3,(H,33,36). The second kappa shape index (κ2) is 9.42. The molecule has 1 saturated carbocycles. The second-order valence-corrected chi connectivity index (χ2v) is 12.1. The molecule has 2 bridgehead atoms. The number of aliphatic hydroxyl groups excluding tert-OH is 1. The third-order valence-electron chi connectivity index (χ3n) is 8.07. The molecule has 1 amide bonds. The number of amides is 1. The van der Waals surface area contributed by atoms with Crippen molar-refractivity contribution in [1.82, 2.24) is 5.32 Å². The number of ether oxygens (including phenoxy) is 2. The molecule has 0 aromatic heterocycles. The van der Waals surface area contributed by atoms with Crippen LogP contribution in [-0.2, 0) is 20.9 Å². The van der Waals surface area contributed by atoms with Gasteiger partial charge in [-0.1, -0.05) is 60.2 Å². The second-order valence-electron chi connectivity index (χ2n) is 12.1. The molecule has 0 saturated heterocycles. The molecule has 2 aromatic rings. The molecule has 3 aliphatic carbocycles. The van der Waals surface area contributed by atoms with Crippen LogP contribution >= 0.6 is 0 Å². The molecule has 0 radical (unpaired) electrons. The van der Waals surface area contributed by atoms with E-state index in [9.17, 15) is 14.7 Å². The van der Waals surface area contributed by atoms with Crippen molar-refractivity contribution in [2.75, 3.05) is 6.61 Å². The minimum Gasteiger partial charge on any atom is -0.492 e. The Balaban J connectivity index is 1.55. The fraction of sp³-hybridized carbons (Fsp3) is 0.438. The maximum atomic E-state index is 14.4. The van der Waals surface area contributed by atoms with Crippen LogP contribution < -0.4 is 5.32 Å². The quantitative estimate of drug-likeness (QED) is 0.502. The van der Waals surface area contributed by atoms with E-state index >= 15 is 0 Å². The fourth-order valence-corrected chi connectivity index (χ4v) is 6.67. The summed E-state index contributed by atoms with van der Waals surface area (Å²) in [7, 11) is 0. The van der Waals surface area contributed by atoms with E-state index in [0.717, 1.165) is 27.8 Å². The molecule has 6 nitrogen and oxygen atoms in total. The predicted octanol–water partition coefficient (Wildman–Crippen LogP) is 5.43. The first-order chi connectivity index (χ1) is 17.9. The Morgan fingerprint density at radius 3 is 2.37 bits per heavy atom. The van der Waals surface area contributed by atoms with Crippen LogP contribution in [0.5, 0.6) is 0 Å². The number of allylic oxidation sites excluding steroid dienone is 2. The zero-order valence-electron chi connectivity index (χ0n) is 23.0. The Bertz CT molecular complexity index is 1310. The zero-order valence-corrected chi connectivity index (χ0v) is 23.0. The molecule has 38 heavy (non-hydrogen) atoms. The summed E-state index contributed by atoms with van der Waals surface area (Å²) < 4.78 is 12.2. The van der Waals surface area contributed by atoms with Crippen LogP contribution in [0, 0.1) is 43.9 Å². The van der Waals surface area contributed by atoms with Gasteiger partial charge in [0.2, 0.25) is 0 Å². The topological polar surface area (TPSA) is 84.9 Å². The lowest BCUT2D eigenvalue weighted by Gasteiger charge is -2.33. The molecule has 5 rings (SSSR count). The monoisotopic (exact) mass is 515 g/mol. The number of ketones is 1. The van der Waals surface area contributed by atoms with Crippen LogP contribution in [0.15, 0.2) is 60.4 Å². The third kappa shape index (κ3) is 4.35. The largest absolute Gasteiger partial charge is 0.492 e. The van der Waals surface area contributed by atoms with E-state index in [0.29, 0.717) is 17.9 Å². The number of hydrogen-bond acceptors (Lipinski definition) is 5. The maximum absolute atomic E-state index is 14.4. The first-order valence-corrected chi connectivity index (χ1v) is 13.3. The van der Waals surface area contributed by atoms with Crippen molar-refractivity contribution in [3.8, 4) is 0 Å². The normalized spacial score (nSPS) is 27.6. The summed E-state index contributed by atoms with van der Waals surface area (Å²) in [5, 5.41) is 14.2. The van der Waals surface area contributed by atoms with Crippen molar-refractivity contribution in [2.24, 2.45) is 23.2 Å². The Morgan fingerprint density at radius 2 is 1.74 bits per heavy atom. The van der Waals surface area contributed by atoms with E-state index in [-0.39, 0.29) is 24.2 Å². The van der Waals surface area contributed by atoms with Crippen LogP contribution in [0.2, 0.25) is 0 Å². The third-order valence-corrected chi connectivity index (χ3v) is 8.07. The van der Waals surface area contributed by atoms with Crippen LogP contribution in [0.3, 0.4) is 0 Å². The number of carbonyl (C=O) groups is 2. The number of benzene rings is 2. The van der Waals surface area contributed by atoms with Gasteiger partial charge in [-0.05, 0) is 63.8 Å². The highest BCUT2D eigenvalue weighted by atomic mass is 16.5. The van der Waals surface area contributed by atoms with Crippen LogP contribution in [0.25, 0.3) is 5.57 Å². The molecule has 6 heteroatoms. The number of aryl methyl sites for hydroxylation is 3. The number of fused-ring (bicyclic) bond motifs is 5. The molecule has 5 unspecified atom stereocenters. The molecule has 0 spiro atoms. The van der Waals surface area contributed by atoms with Crippen molar-refractivity contribution >= 4 is 17.4 Å². The van der Waals surface area contributed by atoms with Gasteiger partial charge < -0.3 is 19.9 Å². The number of rotatable bonds is 6. The highest BCUT2D eigenvalue weighted by Gasteiger charge is 2.69. The molecule has 5 atom stereocenters. The van der Waals surface area contributed by atoms with Gasteiger partial charge in [0.25, 0.3) is 0 Å². The lowest BCUT2D eigenvalue weighted by molar-refractivity contribution is -0.122. The number of alkyl carbamates (subject to hydrolysis) is 1. The molecule has 2 N–H and O–H groups in total. The summed E-state index contributed by atoms with van der Waals surface area (Å²) in [6, 6.07) is 14.0. The minimum absolute atomic E-state index is 0.0566. The number of hydrogen-bond donors (Lipinski definition) is 2. The fourth-order valence-electron chi connectivity index (χ4n) is 6.67. The summed E-state index contributed by atoms with van der Waals surface area (Å²) in [6.45, 7) is 12.0. The summed E-state index contributed by atoms with van der Waals surface area (Å²) in [5.74, 6) is -0.619. The molecule has 1 fully saturated rings. The predicted molar refractivity (Wildman–Crippen MR) is 146 cm³/mol. The molecular weight excluding hydrogens is 478 g/mol. The van der Waals surface area contributed by atoms with Crippen molar-refractivity contribution in [3.05, 3.63) is 88.2 Å². The molecule has 2 aromatic carbocycles. The first kappa shape index (κ1) is 26.2. The van der Waals surface area contributed by atoms with Gasteiger partial charge in [-0.3, -0.25) is 4.79 Å². The van der Waals surface area contributed by atoms with Crippen molar-refractivity contribution < 1.29 is 24.2 Å². The molecule has 3 aliphatic rings. The van der Waals surface area contributed by atoms with E-state index in [4.69, 9.17) is 9.47 Å². The average molecular weight is 516 g/mol. The SMILES string of the molecule is Cc1cc(C)c(C2=C(OCc3ccccc3)C3C4C=CC(COC(=O)NC(C)(C)C)(C4O)C3C2=O)c(C)c1. The van der Waals surface area contributed by atoms with Gasteiger partial charge in [-0.25, -0.2) is 4.79 Å². The van der Waals surface area contributed by atoms with E-state index in [1.54, 1.807) is 0 Å². The lowest BCUT2D eigenvalue weighted by atomic mass is 9.73. The van der Waals surface area contributed by atoms with Gasteiger partial charge in [0, 0.05) is 23.3 Å². The highest BCUT2D eigenvalue weighted by Crippen LogP contribution is 2.64. The van der Waals surface area contributed by atoms with Gasteiger partial charge in [0.1, 0.15) is 19.0 Å². The van der Waals surface area contributed by atoms with Gasteiger partial charge in [0.15, 0.2) is 5.78 Å². The number of carbonyl (C=O) groups excluding carboxylic acids is 2. The molecule has 200 valence electrons. The van der Waals surface area contributed by atoms with Gasteiger partial charge >= 0.3 is 6.09 Å². The van der Waals surface area contributed by atoms with Crippen LogP contribution in [0.1, 0.15) is 48.6 Å². The summed E-state index contributed by atoms with van der Waals surface area (Å²) >= 11 is 0. The van der Waals surface area contributed by atoms with Crippen LogP contribution in [-0.4, -0.2) is 35.2 Å². The Hall–Kier alpha value is -3.38. The number of aliphatic hydroxyl groups is 1. The molecule has 0 heterocycles. The van der Waals surface area contributed by atoms with Gasteiger partial charge in [-0.15, -0.1) is 0 Å². The Kier molecular flexibility index (Phi) is 6.50. The van der Waals surface area contributed by atoms with Crippen molar-refractivity contribution in [1.29, 1.82) is 0 Å².